The van der Waals surface area contributed by atoms with E-state index < -0.39 is 0 Å². The highest BCUT2D eigenvalue weighted by molar-refractivity contribution is 5.92. The van der Waals surface area contributed by atoms with Crippen LogP contribution in [0.5, 0.6) is 5.75 Å². The summed E-state index contributed by atoms with van der Waals surface area (Å²) in [7, 11) is 0. The minimum absolute atomic E-state index is 0.0674. The number of nitrogens with one attached hydrogen (secondary N) is 2. The Bertz CT molecular complexity index is 620. The van der Waals surface area contributed by atoms with E-state index in [2.05, 4.69) is 10.6 Å². The first-order chi connectivity index (χ1) is 11.3. The summed E-state index contributed by atoms with van der Waals surface area (Å²) in [6.07, 6.45) is 2.02. The van der Waals surface area contributed by atoms with Gasteiger partial charge in [0.25, 0.3) is 0 Å². The minimum atomic E-state index is 0.0674. The summed E-state index contributed by atoms with van der Waals surface area (Å²) >= 11 is 0. The van der Waals surface area contributed by atoms with Gasteiger partial charge in [0.1, 0.15) is 12.4 Å². The molecule has 0 saturated carbocycles. The molecule has 3 rings (SSSR count). The Morgan fingerprint density at radius 1 is 1.13 bits per heavy atom. The molecule has 1 fully saturated rings. The topological polar surface area (TPSA) is 50.4 Å². The summed E-state index contributed by atoms with van der Waals surface area (Å²) < 4.78 is 5.75. The van der Waals surface area contributed by atoms with E-state index in [0.717, 1.165) is 42.9 Å². The number of benzene rings is 2. The number of piperidine rings is 1. The Morgan fingerprint density at radius 3 is 2.61 bits per heavy atom. The molecule has 120 valence electrons. The average molecular weight is 310 g/mol. The predicted octanol–water partition coefficient (Wildman–Crippen LogP) is 3.20. The van der Waals surface area contributed by atoms with Crippen molar-refractivity contribution in [3.63, 3.8) is 0 Å². The molecule has 2 aromatic carbocycles. The fraction of sp³-hybridized carbons (Fsp3) is 0.316. The van der Waals surface area contributed by atoms with Gasteiger partial charge in [0.05, 0.1) is 5.92 Å². The highest BCUT2D eigenvalue weighted by Gasteiger charge is 2.20. The summed E-state index contributed by atoms with van der Waals surface area (Å²) in [4.78, 5) is 12.2. The van der Waals surface area contributed by atoms with Crippen LogP contribution >= 0.6 is 0 Å². The van der Waals surface area contributed by atoms with Crippen LogP contribution < -0.4 is 15.4 Å². The average Bonchev–Trinajstić information content (AvgIpc) is 2.63. The highest BCUT2D eigenvalue weighted by atomic mass is 16.5. The number of amides is 1. The third-order valence-corrected chi connectivity index (χ3v) is 4.04. The fourth-order valence-electron chi connectivity index (χ4n) is 2.70. The molecule has 0 bridgehead atoms. The van der Waals surface area contributed by atoms with Crippen LogP contribution in [0.3, 0.4) is 0 Å². The van der Waals surface area contributed by atoms with Gasteiger partial charge in [-0.25, -0.2) is 0 Å². The number of anilines is 1. The Balaban J connectivity index is 1.51. The Morgan fingerprint density at radius 2 is 1.91 bits per heavy atom. The first-order valence-electron chi connectivity index (χ1n) is 8.09. The molecule has 1 aliphatic rings. The zero-order chi connectivity index (χ0) is 15.9. The molecular weight excluding hydrogens is 288 g/mol. The van der Waals surface area contributed by atoms with E-state index in [1.807, 2.05) is 54.6 Å². The predicted molar refractivity (Wildman–Crippen MR) is 91.4 cm³/mol. The van der Waals surface area contributed by atoms with Gasteiger partial charge >= 0.3 is 0 Å². The summed E-state index contributed by atoms with van der Waals surface area (Å²) in [5.74, 6) is 0.957. The maximum Gasteiger partial charge on any atom is 0.228 e. The SMILES string of the molecule is O=C(Nc1ccc(OCc2ccccc2)cc1)C1CCCNC1. The van der Waals surface area contributed by atoms with Crippen molar-refractivity contribution in [1.82, 2.24) is 5.32 Å². The quantitative estimate of drug-likeness (QED) is 0.891. The summed E-state index contributed by atoms with van der Waals surface area (Å²) in [6.45, 7) is 2.32. The van der Waals surface area contributed by atoms with E-state index in [1.165, 1.54) is 0 Å². The molecule has 1 amide bonds. The molecule has 2 aromatic rings. The number of ether oxygens (including phenoxy) is 1. The van der Waals surface area contributed by atoms with Crippen LogP contribution in [0.15, 0.2) is 54.6 Å². The van der Waals surface area contributed by atoms with Gasteiger partial charge < -0.3 is 15.4 Å². The van der Waals surface area contributed by atoms with Crippen LogP contribution in [0.25, 0.3) is 0 Å². The molecule has 23 heavy (non-hydrogen) atoms. The van der Waals surface area contributed by atoms with Crippen LogP contribution in [-0.2, 0) is 11.4 Å². The summed E-state index contributed by atoms with van der Waals surface area (Å²) in [5.41, 5.74) is 1.95. The molecule has 0 radical (unpaired) electrons. The zero-order valence-corrected chi connectivity index (χ0v) is 13.1. The lowest BCUT2D eigenvalue weighted by Gasteiger charge is -2.21. The number of hydrogen-bond donors (Lipinski definition) is 2. The van der Waals surface area contributed by atoms with Crippen molar-refractivity contribution in [2.24, 2.45) is 5.92 Å². The molecule has 1 unspecified atom stereocenters. The molecule has 0 aliphatic carbocycles. The lowest BCUT2D eigenvalue weighted by Crippen LogP contribution is -2.37. The van der Waals surface area contributed by atoms with Gasteiger partial charge in [0.2, 0.25) is 5.91 Å². The number of rotatable bonds is 5. The second-order valence-electron chi connectivity index (χ2n) is 5.83. The molecular formula is C19H22N2O2. The number of carbonyl (C=O) groups is 1. The van der Waals surface area contributed by atoms with E-state index in [9.17, 15) is 4.79 Å². The monoisotopic (exact) mass is 310 g/mol. The van der Waals surface area contributed by atoms with Gasteiger partial charge in [0, 0.05) is 12.2 Å². The Hall–Kier alpha value is -2.33. The first-order valence-corrected chi connectivity index (χ1v) is 8.09. The van der Waals surface area contributed by atoms with E-state index in [4.69, 9.17) is 4.74 Å². The van der Waals surface area contributed by atoms with Gasteiger partial charge in [-0.1, -0.05) is 30.3 Å². The minimum Gasteiger partial charge on any atom is -0.489 e. The van der Waals surface area contributed by atoms with E-state index in [-0.39, 0.29) is 11.8 Å². The summed E-state index contributed by atoms with van der Waals surface area (Å²) in [6, 6.07) is 17.6. The van der Waals surface area contributed by atoms with E-state index in [0.29, 0.717) is 6.61 Å². The summed E-state index contributed by atoms with van der Waals surface area (Å²) in [5, 5.41) is 6.24. The molecule has 4 nitrogen and oxygen atoms in total. The normalized spacial score (nSPS) is 17.5. The molecule has 1 atom stereocenters. The molecule has 2 N–H and O–H groups in total. The smallest absolute Gasteiger partial charge is 0.228 e. The molecule has 0 spiro atoms. The van der Waals surface area contributed by atoms with Crippen LogP contribution in [0.4, 0.5) is 5.69 Å². The van der Waals surface area contributed by atoms with Crippen molar-refractivity contribution in [3.05, 3.63) is 60.2 Å². The van der Waals surface area contributed by atoms with Crippen molar-refractivity contribution in [3.8, 4) is 5.75 Å². The van der Waals surface area contributed by atoms with Crippen molar-refractivity contribution >= 4 is 11.6 Å². The highest BCUT2D eigenvalue weighted by Crippen LogP contribution is 2.19. The maximum atomic E-state index is 12.2. The van der Waals surface area contributed by atoms with Crippen molar-refractivity contribution in [2.75, 3.05) is 18.4 Å². The molecule has 1 aliphatic heterocycles. The fourth-order valence-corrected chi connectivity index (χ4v) is 2.70. The van der Waals surface area contributed by atoms with Gasteiger partial charge in [-0.05, 0) is 49.2 Å². The third-order valence-electron chi connectivity index (χ3n) is 4.04. The molecule has 1 heterocycles. The van der Waals surface area contributed by atoms with Crippen molar-refractivity contribution < 1.29 is 9.53 Å². The van der Waals surface area contributed by atoms with E-state index >= 15 is 0 Å². The second kappa shape index (κ2) is 7.79. The van der Waals surface area contributed by atoms with E-state index in [1.54, 1.807) is 0 Å². The number of carbonyl (C=O) groups excluding carboxylic acids is 1. The standard InChI is InChI=1S/C19H22N2O2/c22-19(16-7-4-12-20-13-16)21-17-8-10-18(11-9-17)23-14-15-5-2-1-3-6-15/h1-3,5-6,8-11,16,20H,4,7,12-14H2,(H,21,22). The van der Waals surface area contributed by atoms with Crippen molar-refractivity contribution in [2.45, 2.75) is 19.4 Å². The molecule has 1 saturated heterocycles. The van der Waals surface area contributed by atoms with Gasteiger partial charge in [-0.2, -0.15) is 0 Å². The van der Waals surface area contributed by atoms with Gasteiger partial charge in [0.15, 0.2) is 0 Å². The van der Waals surface area contributed by atoms with Crippen LogP contribution in [0.1, 0.15) is 18.4 Å². The van der Waals surface area contributed by atoms with Crippen LogP contribution in [0.2, 0.25) is 0 Å². The van der Waals surface area contributed by atoms with Crippen LogP contribution in [-0.4, -0.2) is 19.0 Å². The lowest BCUT2D eigenvalue weighted by molar-refractivity contribution is -0.120. The zero-order valence-electron chi connectivity index (χ0n) is 13.1. The molecule has 4 heteroatoms. The second-order valence-corrected chi connectivity index (χ2v) is 5.83. The Labute approximate surface area is 136 Å². The molecule has 0 aromatic heterocycles. The maximum absolute atomic E-state index is 12.2. The first kappa shape index (κ1) is 15.6. The lowest BCUT2D eigenvalue weighted by atomic mass is 9.99. The Kier molecular flexibility index (Phi) is 5.27. The van der Waals surface area contributed by atoms with Gasteiger partial charge in [-0.3, -0.25) is 4.79 Å². The van der Waals surface area contributed by atoms with Gasteiger partial charge in [-0.15, -0.1) is 0 Å². The third kappa shape index (κ3) is 4.57. The van der Waals surface area contributed by atoms with Crippen LogP contribution in [0, 0.1) is 5.92 Å². The van der Waals surface area contributed by atoms with Crippen molar-refractivity contribution in [1.29, 1.82) is 0 Å². The largest absolute Gasteiger partial charge is 0.489 e. The number of hydrogen-bond acceptors (Lipinski definition) is 3.